The topological polar surface area (TPSA) is 90.9 Å². The van der Waals surface area contributed by atoms with Crippen molar-refractivity contribution in [3.63, 3.8) is 0 Å². The number of rotatable bonds is 8. The maximum absolute atomic E-state index is 12.4. The van der Waals surface area contributed by atoms with E-state index >= 15 is 0 Å². The number of benzene rings is 1. The van der Waals surface area contributed by atoms with Gasteiger partial charge in [0.05, 0.1) is 19.3 Å². The summed E-state index contributed by atoms with van der Waals surface area (Å²) >= 11 is 0.972. The van der Waals surface area contributed by atoms with Gasteiger partial charge in [0.1, 0.15) is 15.6 Å². The molecular formula is C21H25NO6S. The molecule has 2 aromatic rings. The molecule has 2 rings (SSSR count). The molecule has 0 fully saturated rings. The summed E-state index contributed by atoms with van der Waals surface area (Å²) < 4.78 is 15.5. The molecule has 1 amide bonds. The molecule has 1 aromatic carbocycles. The molecule has 8 heteroatoms. The van der Waals surface area contributed by atoms with Crippen molar-refractivity contribution in [1.29, 1.82) is 0 Å². The lowest BCUT2D eigenvalue weighted by molar-refractivity contribution is -0.118. The maximum Gasteiger partial charge on any atom is 0.348 e. The summed E-state index contributed by atoms with van der Waals surface area (Å²) in [6.07, 6.45) is 0.657. The fourth-order valence-electron chi connectivity index (χ4n) is 2.52. The van der Waals surface area contributed by atoms with Crippen LogP contribution in [-0.4, -0.2) is 38.2 Å². The first kappa shape index (κ1) is 22.4. The van der Waals surface area contributed by atoms with E-state index < -0.39 is 17.8 Å². The normalized spacial score (nSPS) is 10.4. The number of methoxy groups -OCH3 is 1. The molecule has 7 nitrogen and oxygen atoms in total. The molecule has 156 valence electrons. The minimum atomic E-state index is -0.596. The summed E-state index contributed by atoms with van der Waals surface area (Å²) in [5, 5.41) is 2.88. The van der Waals surface area contributed by atoms with Crippen LogP contribution in [0.4, 0.5) is 5.00 Å². The van der Waals surface area contributed by atoms with Crippen LogP contribution in [0, 0.1) is 20.8 Å². The number of esters is 2. The average Bonchev–Trinajstić information content (AvgIpc) is 3.02. The fraction of sp³-hybridized carbons (Fsp3) is 0.381. The zero-order valence-electron chi connectivity index (χ0n) is 17.2. The number of amides is 1. The summed E-state index contributed by atoms with van der Waals surface area (Å²) in [6.45, 7) is 7.44. The summed E-state index contributed by atoms with van der Waals surface area (Å²) in [5.74, 6) is -1.06. The molecule has 0 atom stereocenters. The van der Waals surface area contributed by atoms with Gasteiger partial charge in [-0.3, -0.25) is 4.79 Å². The van der Waals surface area contributed by atoms with Crippen molar-refractivity contribution in [3.05, 3.63) is 45.3 Å². The highest BCUT2D eigenvalue weighted by molar-refractivity contribution is 7.18. The van der Waals surface area contributed by atoms with E-state index in [9.17, 15) is 14.4 Å². The molecule has 0 aliphatic rings. The quantitative estimate of drug-likeness (QED) is 0.649. The standard InChI is InChI=1S/C21H25NO6S/c1-6-9-27-20(24)17-14(4)18(21(25)26-5)29-19(17)22-16(23)11-28-15-8-7-12(2)13(3)10-15/h7-8,10H,6,9,11H2,1-5H3,(H,22,23). The van der Waals surface area contributed by atoms with Gasteiger partial charge in [0.25, 0.3) is 5.91 Å². The van der Waals surface area contributed by atoms with Crippen LogP contribution < -0.4 is 10.1 Å². The summed E-state index contributed by atoms with van der Waals surface area (Å²) in [5.41, 5.74) is 2.75. The number of carbonyl (C=O) groups excluding carboxylic acids is 3. The molecule has 0 unspecified atom stereocenters. The average molecular weight is 419 g/mol. The van der Waals surface area contributed by atoms with Crippen LogP contribution in [0.2, 0.25) is 0 Å². The second-order valence-corrected chi connectivity index (χ2v) is 7.49. The van der Waals surface area contributed by atoms with Gasteiger partial charge in [-0.15, -0.1) is 11.3 Å². The predicted octanol–water partition coefficient (Wildman–Crippen LogP) is 4.04. The van der Waals surface area contributed by atoms with E-state index in [4.69, 9.17) is 14.2 Å². The zero-order valence-corrected chi connectivity index (χ0v) is 18.0. The summed E-state index contributed by atoms with van der Waals surface area (Å²) in [6, 6.07) is 5.55. The predicted molar refractivity (Wildman–Crippen MR) is 111 cm³/mol. The minimum absolute atomic E-state index is 0.156. The Bertz CT molecular complexity index is 918. The third-order valence-corrected chi connectivity index (χ3v) is 5.45. The van der Waals surface area contributed by atoms with Crippen molar-refractivity contribution in [2.45, 2.75) is 34.1 Å². The number of carbonyl (C=O) groups is 3. The second-order valence-electron chi connectivity index (χ2n) is 6.47. The zero-order chi connectivity index (χ0) is 21.6. The Balaban J connectivity index is 2.18. The van der Waals surface area contributed by atoms with Crippen LogP contribution in [0.15, 0.2) is 18.2 Å². The Labute approximate surface area is 174 Å². The van der Waals surface area contributed by atoms with Crippen molar-refractivity contribution in [1.82, 2.24) is 0 Å². The van der Waals surface area contributed by atoms with Gasteiger partial charge in [-0.25, -0.2) is 9.59 Å². The van der Waals surface area contributed by atoms with E-state index in [1.807, 2.05) is 32.9 Å². The Morgan fingerprint density at radius 2 is 1.79 bits per heavy atom. The van der Waals surface area contributed by atoms with Gasteiger partial charge in [-0.2, -0.15) is 0 Å². The fourth-order valence-corrected chi connectivity index (χ4v) is 3.65. The van der Waals surface area contributed by atoms with Gasteiger partial charge >= 0.3 is 11.9 Å². The monoisotopic (exact) mass is 419 g/mol. The second kappa shape index (κ2) is 10.1. The lowest BCUT2D eigenvalue weighted by atomic mass is 10.1. The van der Waals surface area contributed by atoms with Crippen LogP contribution >= 0.6 is 11.3 Å². The van der Waals surface area contributed by atoms with Crippen LogP contribution in [0.5, 0.6) is 5.75 Å². The van der Waals surface area contributed by atoms with Gasteiger partial charge in [-0.05, 0) is 56.0 Å². The number of thiophene rings is 1. The number of ether oxygens (including phenoxy) is 3. The number of hydrogen-bond donors (Lipinski definition) is 1. The Kier molecular flexibility index (Phi) is 7.78. The Hall–Kier alpha value is -2.87. The molecule has 0 saturated carbocycles. The first-order valence-corrected chi connectivity index (χ1v) is 9.98. The number of nitrogens with one attached hydrogen (secondary N) is 1. The number of anilines is 1. The third kappa shape index (κ3) is 5.57. The molecule has 29 heavy (non-hydrogen) atoms. The van der Waals surface area contributed by atoms with E-state index in [2.05, 4.69) is 5.32 Å². The van der Waals surface area contributed by atoms with Crippen LogP contribution in [0.3, 0.4) is 0 Å². The third-order valence-electron chi connectivity index (χ3n) is 4.26. The van der Waals surface area contributed by atoms with E-state index in [0.717, 1.165) is 22.5 Å². The molecular weight excluding hydrogens is 394 g/mol. The van der Waals surface area contributed by atoms with Crippen LogP contribution in [0.25, 0.3) is 0 Å². The molecule has 0 spiro atoms. The van der Waals surface area contributed by atoms with Crippen molar-refractivity contribution in [2.24, 2.45) is 0 Å². The van der Waals surface area contributed by atoms with Crippen molar-refractivity contribution in [3.8, 4) is 5.75 Å². The molecule has 0 radical (unpaired) electrons. The molecule has 1 heterocycles. The molecule has 1 N–H and O–H groups in total. The minimum Gasteiger partial charge on any atom is -0.484 e. The Morgan fingerprint density at radius 3 is 2.41 bits per heavy atom. The SMILES string of the molecule is CCCOC(=O)c1c(NC(=O)COc2ccc(C)c(C)c2)sc(C(=O)OC)c1C. The molecule has 0 aliphatic carbocycles. The van der Waals surface area contributed by atoms with Gasteiger partial charge in [0, 0.05) is 0 Å². The number of hydrogen-bond acceptors (Lipinski definition) is 7. The van der Waals surface area contributed by atoms with E-state index in [1.54, 1.807) is 13.0 Å². The van der Waals surface area contributed by atoms with Gasteiger partial charge < -0.3 is 19.5 Å². The van der Waals surface area contributed by atoms with E-state index in [1.165, 1.54) is 7.11 Å². The van der Waals surface area contributed by atoms with E-state index in [-0.39, 0.29) is 28.7 Å². The molecule has 0 bridgehead atoms. The van der Waals surface area contributed by atoms with Crippen molar-refractivity contribution in [2.75, 3.05) is 25.6 Å². The highest BCUT2D eigenvalue weighted by atomic mass is 32.1. The molecule has 0 saturated heterocycles. The summed E-state index contributed by atoms with van der Waals surface area (Å²) in [7, 11) is 1.26. The highest BCUT2D eigenvalue weighted by Crippen LogP contribution is 2.34. The largest absolute Gasteiger partial charge is 0.484 e. The lowest BCUT2D eigenvalue weighted by Gasteiger charge is -2.10. The van der Waals surface area contributed by atoms with Crippen molar-refractivity contribution >= 4 is 34.2 Å². The summed E-state index contributed by atoms with van der Waals surface area (Å²) in [4.78, 5) is 37.1. The smallest absolute Gasteiger partial charge is 0.348 e. The van der Waals surface area contributed by atoms with Crippen LogP contribution in [0.1, 0.15) is 50.1 Å². The highest BCUT2D eigenvalue weighted by Gasteiger charge is 2.27. The lowest BCUT2D eigenvalue weighted by Crippen LogP contribution is -2.21. The van der Waals surface area contributed by atoms with Crippen LogP contribution in [-0.2, 0) is 14.3 Å². The Morgan fingerprint density at radius 1 is 1.07 bits per heavy atom. The van der Waals surface area contributed by atoms with Gasteiger partial charge in [0.2, 0.25) is 0 Å². The van der Waals surface area contributed by atoms with Gasteiger partial charge in [-0.1, -0.05) is 13.0 Å². The molecule has 0 aliphatic heterocycles. The first-order valence-electron chi connectivity index (χ1n) is 9.17. The maximum atomic E-state index is 12.4. The first-order chi connectivity index (χ1) is 13.8. The van der Waals surface area contributed by atoms with E-state index in [0.29, 0.717) is 17.7 Å². The van der Waals surface area contributed by atoms with Crippen molar-refractivity contribution < 1.29 is 28.6 Å². The number of aryl methyl sites for hydroxylation is 2. The van der Waals surface area contributed by atoms with Gasteiger partial charge in [0.15, 0.2) is 6.61 Å². The molecule has 1 aromatic heterocycles.